The summed E-state index contributed by atoms with van der Waals surface area (Å²) in [4.78, 5) is 31.7. The molecule has 0 aliphatic carbocycles. The van der Waals surface area contributed by atoms with Gasteiger partial charge in [0, 0.05) is 5.56 Å². The predicted molar refractivity (Wildman–Crippen MR) is 131 cm³/mol. The fourth-order valence-corrected chi connectivity index (χ4v) is 5.03. The van der Waals surface area contributed by atoms with Crippen molar-refractivity contribution in [1.82, 2.24) is 4.57 Å². The van der Waals surface area contributed by atoms with Gasteiger partial charge in [0.15, 0.2) is 16.3 Å². The molecule has 8 heteroatoms. The minimum atomic E-state index is -0.629. The SMILES string of the molecule is CCOC(=O)C1=C(C)N=c2s/c(=C\c3cccc(OC)c3OCC)c(=O)n2[C@@H]1c1ccccc1. The molecule has 1 aliphatic heterocycles. The van der Waals surface area contributed by atoms with Gasteiger partial charge in [-0.25, -0.2) is 9.79 Å². The van der Waals surface area contributed by atoms with Gasteiger partial charge in [0.25, 0.3) is 5.56 Å². The molecular weight excluding hydrogens is 452 g/mol. The van der Waals surface area contributed by atoms with Crippen molar-refractivity contribution < 1.29 is 19.0 Å². The Morgan fingerprint density at radius 2 is 1.88 bits per heavy atom. The van der Waals surface area contributed by atoms with Gasteiger partial charge in [-0.1, -0.05) is 53.8 Å². The molecule has 4 rings (SSSR count). The average Bonchev–Trinajstić information content (AvgIpc) is 3.14. The number of ether oxygens (including phenoxy) is 3. The number of benzene rings is 2. The van der Waals surface area contributed by atoms with Crippen molar-refractivity contribution in [3.8, 4) is 11.5 Å². The molecule has 1 atom stereocenters. The van der Waals surface area contributed by atoms with Crippen LogP contribution in [0.1, 0.15) is 37.9 Å². The number of aromatic nitrogens is 1. The number of thiazole rings is 1. The molecule has 0 bridgehead atoms. The van der Waals surface area contributed by atoms with Crippen LogP contribution in [0.4, 0.5) is 0 Å². The number of carbonyl (C=O) groups is 1. The first kappa shape index (κ1) is 23.5. The zero-order chi connectivity index (χ0) is 24.2. The smallest absolute Gasteiger partial charge is 0.338 e. The molecule has 0 saturated heterocycles. The second-order valence-corrected chi connectivity index (χ2v) is 8.53. The fraction of sp³-hybridized carbons (Fsp3) is 0.269. The van der Waals surface area contributed by atoms with Gasteiger partial charge >= 0.3 is 5.97 Å². The van der Waals surface area contributed by atoms with Crippen molar-refractivity contribution >= 4 is 23.4 Å². The number of hydrogen-bond donors (Lipinski definition) is 0. The van der Waals surface area contributed by atoms with E-state index in [-0.39, 0.29) is 12.2 Å². The van der Waals surface area contributed by atoms with E-state index in [4.69, 9.17) is 14.2 Å². The third kappa shape index (κ3) is 4.28. The molecule has 0 fully saturated rings. The van der Waals surface area contributed by atoms with Crippen molar-refractivity contribution in [2.45, 2.75) is 26.8 Å². The number of rotatable bonds is 7. The van der Waals surface area contributed by atoms with Crippen LogP contribution in [0.25, 0.3) is 6.08 Å². The summed E-state index contributed by atoms with van der Waals surface area (Å²) in [5, 5.41) is 0. The Morgan fingerprint density at radius 3 is 2.56 bits per heavy atom. The van der Waals surface area contributed by atoms with E-state index >= 15 is 0 Å². The summed E-state index contributed by atoms with van der Waals surface area (Å²) in [6.45, 7) is 6.11. The third-order valence-corrected chi connectivity index (χ3v) is 6.42. The van der Waals surface area contributed by atoms with E-state index in [1.165, 1.54) is 11.3 Å². The lowest BCUT2D eigenvalue weighted by Gasteiger charge is -2.24. The number of nitrogens with zero attached hydrogens (tertiary/aromatic N) is 2. The maximum atomic E-state index is 13.7. The molecule has 1 aromatic heterocycles. The molecule has 0 unspecified atom stereocenters. The minimum absolute atomic E-state index is 0.234. The summed E-state index contributed by atoms with van der Waals surface area (Å²) in [5.41, 5.74) is 2.20. The van der Waals surface area contributed by atoms with E-state index < -0.39 is 12.0 Å². The topological polar surface area (TPSA) is 79.1 Å². The summed E-state index contributed by atoms with van der Waals surface area (Å²) in [6, 6.07) is 14.4. The molecule has 2 heterocycles. The summed E-state index contributed by atoms with van der Waals surface area (Å²) in [5.74, 6) is 0.686. The molecule has 7 nitrogen and oxygen atoms in total. The van der Waals surface area contributed by atoms with Gasteiger partial charge in [-0.15, -0.1) is 0 Å². The van der Waals surface area contributed by atoms with Crippen LogP contribution >= 0.6 is 11.3 Å². The van der Waals surface area contributed by atoms with Gasteiger partial charge in [0.2, 0.25) is 0 Å². The molecular formula is C26H26N2O5S. The molecule has 176 valence electrons. The molecule has 0 radical (unpaired) electrons. The van der Waals surface area contributed by atoms with Crippen LogP contribution < -0.4 is 24.4 Å². The van der Waals surface area contributed by atoms with Gasteiger partial charge in [0.1, 0.15) is 0 Å². The van der Waals surface area contributed by atoms with Gasteiger partial charge in [-0.3, -0.25) is 9.36 Å². The van der Waals surface area contributed by atoms with Crippen LogP contribution in [0.5, 0.6) is 11.5 Å². The number of carbonyl (C=O) groups excluding carboxylic acids is 1. The highest BCUT2D eigenvalue weighted by Gasteiger charge is 2.33. The van der Waals surface area contributed by atoms with Gasteiger partial charge in [-0.2, -0.15) is 0 Å². The third-order valence-electron chi connectivity index (χ3n) is 5.44. The minimum Gasteiger partial charge on any atom is -0.493 e. The lowest BCUT2D eigenvalue weighted by molar-refractivity contribution is -0.139. The summed E-state index contributed by atoms with van der Waals surface area (Å²) < 4.78 is 18.6. The predicted octanol–water partition coefficient (Wildman–Crippen LogP) is 3.21. The van der Waals surface area contributed by atoms with Crippen molar-refractivity contribution in [2.75, 3.05) is 20.3 Å². The Labute approximate surface area is 201 Å². The van der Waals surface area contributed by atoms with E-state index in [2.05, 4.69) is 4.99 Å². The Bertz CT molecular complexity index is 1420. The summed E-state index contributed by atoms with van der Waals surface area (Å²) in [7, 11) is 1.58. The highest BCUT2D eigenvalue weighted by Crippen LogP contribution is 2.32. The normalized spacial score (nSPS) is 15.5. The van der Waals surface area contributed by atoms with Crippen LogP contribution in [-0.2, 0) is 9.53 Å². The maximum Gasteiger partial charge on any atom is 0.338 e. The Balaban J connectivity index is 1.95. The zero-order valence-electron chi connectivity index (χ0n) is 19.5. The Kier molecular flexibility index (Phi) is 6.98. The lowest BCUT2D eigenvalue weighted by Crippen LogP contribution is -2.39. The number of para-hydroxylation sites is 1. The van der Waals surface area contributed by atoms with Crippen LogP contribution in [0.3, 0.4) is 0 Å². The van der Waals surface area contributed by atoms with E-state index in [1.54, 1.807) is 31.6 Å². The second kappa shape index (κ2) is 10.1. The molecule has 2 aromatic carbocycles. The number of esters is 1. The lowest BCUT2D eigenvalue weighted by atomic mass is 9.96. The number of fused-ring (bicyclic) bond motifs is 1. The van der Waals surface area contributed by atoms with Crippen molar-refractivity contribution in [2.24, 2.45) is 4.99 Å². The first-order chi connectivity index (χ1) is 16.5. The van der Waals surface area contributed by atoms with Crippen molar-refractivity contribution in [3.05, 3.63) is 90.6 Å². The first-order valence-corrected chi connectivity index (χ1v) is 11.9. The fourth-order valence-electron chi connectivity index (χ4n) is 3.99. The average molecular weight is 479 g/mol. The van der Waals surface area contributed by atoms with E-state index in [0.717, 1.165) is 11.1 Å². The molecule has 0 amide bonds. The van der Waals surface area contributed by atoms with E-state index in [1.807, 2.05) is 55.5 Å². The van der Waals surface area contributed by atoms with E-state index in [0.29, 0.717) is 38.7 Å². The van der Waals surface area contributed by atoms with Gasteiger partial charge < -0.3 is 14.2 Å². The van der Waals surface area contributed by atoms with Crippen LogP contribution in [-0.4, -0.2) is 30.9 Å². The highest BCUT2D eigenvalue weighted by atomic mass is 32.1. The quantitative estimate of drug-likeness (QED) is 0.488. The largest absolute Gasteiger partial charge is 0.493 e. The maximum absolute atomic E-state index is 13.7. The van der Waals surface area contributed by atoms with Gasteiger partial charge in [-0.05, 0) is 38.5 Å². The number of methoxy groups -OCH3 is 1. The Hall–Kier alpha value is -3.65. The van der Waals surface area contributed by atoms with Crippen LogP contribution in [0.2, 0.25) is 0 Å². The first-order valence-electron chi connectivity index (χ1n) is 11.0. The second-order valence-electron chi connectivity index (χ2n) is 7.52. The standard InChI is InChI=1S/C26H26N2O5S/c1-5-32-23-18(13-10-14-19(23)31-4)15-20-24(29)28-22(17-11-8-7-9-12-17)21(25(30)33-6-2)16(3)27-26(28)34-20/h7-15,22H,5-6H2,1-4H3/b20-15-/t22-/m1/s1. The van der Waals surface area contributed by atoms with E-state index in [9.17, 15) is 9.59 Å². The molecule has 34 heavy (non-hydrogen) atoms. The Morgan fingerprint density at radius 1 is 1.12 bits per heavy atom. The number of hydrogen-bond acceptors (Lipinski definition) is 7. The molecule has 0 saturated carbocycles. The van der Waals surface area contributed by atoms with Crippen molar-refractivity contribution in [1.29, 1.82) is 0 Å². The zero-order valence-corrected chi connectivity index (χ0v) is 20.3. The van der Waals surface area contributed by atoms with Crippen molar-refractivity contribution in [3.63, 3.8) is 0 Å². The molecule has 3 aromatic rings. The van der Waals surface area contributed by atoms with Crippen LogP contribution in [0.15, 0.2) is 69.6 Å². The highest BCUT2D eigenvalue weighted by molar-refractivity contribution is 7.07. The summed E-state index contributed by atoms with van der Waals surface area (Å²) in [6.07, 6.45) is 1.78. The summed E-state index contributed by atoms with van der Waals surface area (Å²) >= 11 is 1.27. The monoisotopic (exact) mass is 478 g/mol. The number of allylic oxidation sites excluding steroid dienone is 1. The molecule has 0 N–H and O–H groups in total. The molecule has 0 spiro atoms. The molecule has 1 aliphatic rings. The van der Waals surface area contributed by atoms with Gasteiger partial charge in [0.05, 0.1) is 42.2 Å². The van der Waals surface area contributed by atoms with Crippen LogP contribution in [0, 0.1) is 0 Å².